The van der Waals surface area contributed by atoms with Crippen molar-refractivity contribution < 1.29 is 9.53 Å². The number of nitrogens with zero attached hydrogens (tertiary/aromatic N) is 4. The fourth-order valence-corrected chi connectivity index (χ4v) is 1.19. The highest BCUT2D eigenvalue weighted by atomic mass is 16.5. The van der Waals surface area contributed by atoms with E-state index in [0.717, 1.165) is 0 Å². The van der Waals surface area contributed by atoms with Crippen molar-refractivity contribution in [3.05, 3.63) is 29.3 Å². The molecule has 92 valence electrons. The number of nitrogens with one attached hydrogen (secondary N) is 1. The molecule has 1 rings (SSSR count). The number of hydrogen-bond donors (Lipinski definition) is 1. The van der Waals surface area contributed by atoms with Crippen LogP contribution in [0, 0.1) is 34.0 Å². The first-order valence-electron chi connectivity index (χ1n) is 4.92. The summed E-state index contributed by atoms with van der Waals surface area (Å²) in [5.74, 6) is -0.662. The van der Waals surface area contributed by atoms with Crippen molar-refractivity contribution in [2.24, 2.45) is 5.10 Å². The minimum atomic E-state index is -0.662. The third-order valence-electron chi connectivity index (χ3n) is 2.05. The number of esters is 1. The number of rotatable bonds is 3. The maximum absolute atomic E-state index is 11.5. The molecular weight excluding hydrogens is 246 g/mol. The fourth-order valence-electron chi connectivity index (χ4n) is 1.19. The number of ether oxygens (including phenoxy) is 1. The molecule has 0 radical (unpaired) electrons. The lowest BCUT2D eigenvalue weighted by Gasteiger charge is -2.05. The van der Waals surface area contributed by atoms with Crippen molar-refractivity contribution in [2.75, 3.05) is 12.5 Å². The molecule has 0 aliphatic rings. The SMILES string of the molecule is COC(=O)c1cc(NN=C(C#N)C#N)ccc1C#N. The predicted octanol–water partition coefficient (Wildman–Crippen LogP) is 1.16. The van der Waals surface area contributed by atoms with Crippen molar-refractivity contribution in [2.45, 2.75) is 0 Å². The van der Waals surface area contributed by atoms with E-state index in [2.05, 4.69) is 15.3 Å². The molecule has 19 heavy (non-hydrogen) atoms. The second-order valence-electron chi connectivity index (χ2n) is 3.16. The van der Waals surface area contributed by atoms with Gasteiger partial charge in [-0.1, -0.05) is 0 Å². The predicted molar refractivity (Wildman–Crippen MR) is 64.8 cm³/mol. The Morgan fingerprint density at radius 2 is 2.00 bits per heavy atom. The van der Waals surface area contributed by atoms with Crippen LogP contribution >= 0.6 is 0 Å². The van der Waals surface area contributed by atoms with Gasteiger partial charge in [-0.25, -0.2) is 4.79 Å². The molecule has 0 heterocycles. The van der Waals surface area contributed by atoms with Gasteiger partial charge >= 0.3 is 5.97 Å². The zero-order valence-electron chi connectivity index (χ0n) is 9.84. The lowest BCUT2D eigenvalue weighted by Crippen LogP contribution is -2.05. The monoisotopic (exact) mass is 253 g/mol. The number of benzene rings is 1. The number of nitriles is 3. The van der Waals surface area contributed by atoms with E-state index < -0.39 is 5.97 Å². The molecule has 0 aromatic heterocycles. The average molecular weight is 253 g/mol. The third kappa shape index (κ3) is 3.29. The van der Waals surface area contributed by atoms with E-state index in [4.69, 9.17) is 15.8 Å². The van der Waals surface area contributed by atoms with E-state index >= 15 is 0 Å². The smallest absolute Gasteiger partial charge is 0.339 e. The van der Waals surface area contributed by atoms with Gasteiger partial charge in [0.25, 0.3) is 0 Å². The van der Waals surface area contributed by atoms with Crippen LogP contribution in [0.25, 0.3) is 0 Å². The highest BCUT2D eigenvalue weighted by Crippen LogP contribution is 2.16. The van der Waals surface area contributed by atoms with Gasteiger partial charge in [0.1, 0.15) is 18.2 Å². The highest BCUT2D eigenvalue weighted by Gasteiger charge is 2.12. The van der Waals surface area contributed by atoms with Crippen LogP contribution in [-0.4, -0.2) is 18.8 Å². The van der Waals surface area contributed by atoms with E-state index in [1.807, 2.05) is 6.07 Å². The molecular formula is C12H7N5O2. The van der Waals surface area contributed by atoms with Gasteiger partial charge in [-0.15, -0.1) is 0 Å². The van der Waals surface area contributed by atoms with E-state index in [9.17, 15) is 4.79 Å². The number of hydrogen-bond acceptors (Lipinski definition) is 7. The van der Waals surface area contributed by atoms with Crippen molar-refractivity contribution in [1.29, 1.82) is 15.8 Å². The molecule has 0 bridgehead atoms. The Morgan fingerprint density at radius 3 is 2.53 bits per heavy atom. The van der Waals surface area contributed by atoms with Crippen LogP contribution in [0.5, 0.6) is 0 Å². The number of carbonyl (C=O) groups is 1. The van der Waals surface area contributed by atoms with Gasteiger partial charge in [0.15, 0.2) is 0 Å². The van der Waals surface area contributed by atoms with E-state index in [0.29, 0.717) is 5.69 Å². The van der Waals surface area contributed by atoms with E-state index in [1.165, 1.54) is 25.3 Å². The molecule has 0 aliphatic heterocycles. The Morgan fingerprint density at radius 1 is 1.32 bits per heavy atom. The second kappa shape index (κ2) is 6.39. The minimum absolute atomic E-state index is 0.0701. The molecule has 0 aliphatic carbocycles. The summed E-state index contributed by atoms with van der Waals surface area (Å²) in [6, 6.07) is 9.25. The largest absolute Gasteiger partial charge is 0.465 e. The molecule has 1 aromatic rings. The summed E-state index contributed by atoms with van der Waals surface area (Å²) >= 11 is 0. The van der Waals surface area contributed by atoms with Crippen LogP contribution in [-0.2, 0) is 4.74 Å². The van der Waals surface area contributed by atoms with Gasteiger partial charge in [-0.2, -0.15) is 20.9 Å². The number of methoxy groups -OCH3 is 1. The molecule has 0 fully saturated rings. The third-order valence-corrected chi connectivity index (χ3v) is 2.05. The lowest BCUT2D eigenvalue weighted by molar-refractivity contribution is 0.0600. The van der Waals surface area contributed by atoms with Gasteiger partial charge in [0.05, 0.1) is 23.9 Å². The molecule has 1 aromatic carbocycles. The van der Waals surface area contributed by atoms with Crippen molar-refractivity contribution >= 4 is 17.4 Å². The number of anilines is 1. The van der Waals surface area contributed by atoms with E-state index in [1.54, 1.807) is 12.1 Å². The van der Waals surface area contributed by atoms with Crippen LogP contribution in [0.3, 0.4) is 0 Å². The molecule has 0 saturated carbocycles. The first-order chi connectivity index (χ1) is 9.15. The molecule has 0 atom stereocenters. The van der Waals surface area contributed by atoms with Crippen molar-refractivity contribution in [1.82, 2.24) is 0 Å². The Bertz CT molecular complexity index is 642. The van der Waals surface area contributed by atoms with Crippen molar-refractivity contribution in [3.63, 3.8) is 0 Å². The maximum Gasteiger partial charge on any atom is 0.339 e. The second-order valence-corrected chi connectivity index (χ2v) is 3.16. The van der Waals surface area contributed by atoms with Crippen LogP contribution in [0.4, 0.5) is 5.69 Å². The summed E-state index contributed by atoms with van der Waals surface area (Å²) in [5.41, 5.74) is 2.66. The molecule has 7 heteroatoms. The highest BCUT2D eigenvalue weighted by molar-refractivity contribution is 6.10. The summed E-state index contributed by atoms with van der Waals surface area (Å²) in [5, 5.41) is 29.4. The number of carbonyl (C=O) groups excluding carboxylic acids is 1. The van der Waals surface area contributed by atoms with Gasteiger partial charge in [-0.05, 0) is 18.2 Å². The van der Waals surface area contributed by atoms with E-state index in [-0.39, 0.29) is 16.8 Å². The van der Waals surface area contributed by atoms with Crippen molar-refractivity contribution in [3.8, 4) is 18.2 Å². The van der Waals surface area contributed by atoms with Gasteiger partial charge < -0.3 is 4.74 Å². The summed E-state index contributed by atoms with van der Waals surface area (Å²) < 4.78 is 4.54. The quantitative estimate of drug-likeness (QED) is 0.490. The summed E-state index contributed by atoms with van der Waals surface area (Å²) in [4.78, 5) is 11.5. The molecule has 0 spiro atoms. The van der Waals surface area contributed by atoms with Gasteiger partial charge in [0.2, 0.25) is 5.71 Å². The minimum Gasteiger partial charge on any atom is -0.465 e. The summed E-state index contributed by atoms with van der Waals surface area (Å²) in [6.45, 7) is 0. The number of hydrazone groups is 1. The molecule has 0 amide bonds. The Balaban J connectivity index is 3.11. The van der Waals surface area contributed by atoms with Crippen LogP contribution < -0.4 is 5.43 Å². The average Bonchev–Trinajstić information content (AvgIpc) is 2.47. The molecule has 1 N–H and O–H groups in total. The normalized spacial score (nSPS) is 8.32. The fraction of sp³-hybridized carbons (Fsp3) is 0.0833. The maximum atomic E-state index is 11.5. The first-order valence-corrected chi connectivity index (χ1v) is 4.92. The summed E-state index contributed by atoms with van der Waals surface area (Å²) in [7, 11) is 1.20. The van der Waals surface area contributed by atoms with Gasteiger partial charge in [0, 0.05) is 0 Å². The first kappa shape index (κ1) is 13.7. The zero-order chi connectivity index (χ0) is 14.3. The lowest BCUT2D eigenvalue weighted by atomic mass is 10.1. The van der Waals surface area contributed by atoms with Crippen LogP contribution in [0.15, 0.2) is 23.3 Å². The Hall–Kier alpha value is -3.37. The molecule has 7 nitrogen and oxygen atoms in total. The van der Waals surface area contributed by atoms with Gasteiger partial charge in [-0.3, -0.25) is 5.43 Å². The van der Waals surface area contributed by atoms with Crippen LogP contribution in [0.2, 0.25) is 0 Å². The molecule has 0 unspecified atom stereocenters. The topological polar surface area (TPSA) is 122 Å². The standard InChI is InChI=1S/C12H7N5O2/c1-19-12(18)11-4-9(3-2-8(11)5-13)16-17-10(6-14)7-15/h2-4,16H,1H3. The van der Waals surface area contributed by atoms with Crippen LogP contribution in [0.1, 0.15) is 15.9 Å². The zero-order valence-corrected chi connectivity index (χ0v) is 9.84. The Labute approximate surface area is 108 Å². The summed E-state index contributed by atoms with van der Waals surface area (Å²) in [6.07, 6.45) is 0. The molecule has 0 saturated heterocycles. The Kier molecular flexibility index (Phi) is 4.60.